The maximum absolute atomic E-state index is 13.0. The van der Waals surface area contributed by atoms with Gasteiger partial charge in [0.25, 0.3) is 0 Å². The lowest BCUT2D eigenvalue weighted by atomic mass is 10.1. The molecule has 6 heteroatoms. The molecule has 0 aliphatic carbocycles. The van der Waals surface area contributed by atoms with E-state index in [0.29, 0.717) is 18.4 Å². The summed E-state index contributed by atoms with van der Waals surface area (Å²) in [6.07, 6.45) is 5.38. The summed E-state index contributed by atoms with van der Waals surface area (Å²) < 4.78 is 25.7. The number of hydrogen-bond donors (Lipinski definition) is 2. The Morgan fingerprint density at radius 3 is 2.80 bits per heavy atom. The Labute approximate surface area is 115 Å². The Balaban J connectivity index is 1.70. The lowest BCUT2D eigenvalue weighted by Crippen LogP contribution is -2.22. The van der Waals surface area contributed by atoms with E-state index < -0.39 is 11.6 Å². The van der Waals surface area contributed by atoms with Crippen LogP contribution in [0.5, 0.6) is 0 Å². The van der Waals surface area contributed by atoms with E-state index in [-0.39, 0.29) is 12.5 Å². The molecule has 0 bridgehead atoms. The molecular formula is C14H15F2N3O. The van der Waals surface area contributed by atoms with Crippen molar-refractivity contribution in [1.82, 2.24) is 15.5 Å². The number of H-pyrrole nitrogens is 1. The number of carbonyl (C=O) groups excluding carboxylic acids is 1. The minimum Gasteiger partial charge on any atom is -0.352 e. The lowest BCUT2D eigenvalue weighted by molar-refractivity contribution is -0.121. The van der Waals surface area contributed by atoms with Gasteiger partial charge in [-0.05, 0) is 36.1 Å². The highest BCUT2D eigenvalue weighted by Gasteiger charge is 2.05. The van der Waals surface area contributed by atoms with Crippen LogP contribution in [0.25, 0.3) is 0 Å². The van der Waals surface area contributed by atoms with Crippen LogP contribution in [0.3, 0.4) is 0 Å². The van der Waals surface area contributed by atoms with Crippen molar-refractivity contribution in [2.24, 2.45) is 0 Å². The van der Waals surface area contributed by atoms with Crippen LogP contribution in [-0.2, 0) is 17.8 Å². The second-order valence-corrected chi connectivity index (χ2v) is 4.49. The van der Waals surface area contributed by atoms with Crippen LogP contribution >= 0.6 is 0 Å². The molecule has 20 heavy (non-hydrogen) atoms. The number of aromatic nitrogens is 2. The molecule has 0 unspecified atom stereocenters. The van der Waals surface area contributed by atoms with E-state index in [1.54, 1.807) is 12.4 Å². The first-order valence-corrected chi connectivity index (χ1v) is 6.33. The fraction of sp³-hybridized carbons (Fsp3) is 0.286. The molecule has 0 aliphatic heterocycles. The fourth-order valence-electron chi connectivity index (χ4n) is 1.81. The molecular weight excluding hydrogens is 264 g/mol. The van der Waals surface area contributed by atoms with Gasteiger partial charge in [0.2, 0.25) is 5.91 Å². The Morgan fingerprint density at radius 2 is 2.10 bits per heavy atom. The van der Waals surface area contributed by atoms with Gasteiger partial charge in [-0.25, -0.2) is 8.78 Å². The van der Waals surface area contributed by atoms with E-state index in [1.807, 2.05) is 0 Å². The van der Waals surface area contributed by atoms with Crippen molar-refractivity contribution in [3.05, 3.63) is 53.4 Å². The molecule has 106 valence electrons. The monoisotopic (exact) mass is 279 g/mol. The predicted molar refractivity (Wildman–Crippen MR) is 69.7 cm³/mol. The summed E-state index contributed by atoms with van der Waals surface area (Å²) in [5, 5.41) is 9.20. The van der Waals surface area contributed by atoms with Gasteiger partial charge in [0.1, 0.15) is 0 Å². The topological polar surface area (TPSA) is 57.8 Å². The summed E-state index contributed by atoms with van der Waals surface area (Å²) in [5.74, 6) is -1.91. The van der Waals surface area contributed by atoms with E-state index in [0.717, 1.165) is 24.1 Å². The predicted octanol–water partition coefficient (Wildman–Crippen LogP) is 2.33. The van der Waals surface area contributed by atoms with Crippen LogP contribution in [0.2, 0.25) is 0 Å². The molecule has 2 aromatic rings. The first-order valence-electron chi connectivity index (χ1n) is 6.33. The summed E-state index contributed by atoms with van der Waals surface area (Å²) in [5.41, 5.74) is 1.59. The number of rotatable bonds is 6. The molecule has 2 N–H and O–H groups in total. The van der Waals surface area contributed by atoms with Gasteiger partial charge in [0.15, 0.2) is 11.6 Å². The Hall–Kier alpha value is -2.24. The van der Waals surface area contributed by atoms with Gasteiger partial charge in [-0.3, -0.25) is 9.89 Å². The number of amides is 1. The number of nitrogens with one attached hydrogen (secondary N) is 2. The summed E-state index contributed by atoms with van der Waals surface area (Å²) in [6.45, 7) is 0.196. The molecule has 1 heterocycles. The van der Waals surface area contributed by atoms with Gasteiger partial charge < -0.3 is 5.32 Å². The quantitative estimate of drug-likeness (QED) is 0.852. The van der Waals surface area contributed by atoms with Crippen molar-refractivity contribution in [2.45, 2.75) is 25.8 Å². The average molecular weight is 279 g/mol. The molecule has 2 rings (SSSR count). The van der Waals surface area contributed by atoms with Crippen molar-refractivity contribution >= 4 is 5.91 Å². The zero-order chi connectivity index (χ0) is 14.4. The summed E-state index contributed by atoms with van der Waals surface area (Å²) >= 11 is 0. The number of hydrogen-bond acceptors (Lipinski definition) is 2. The normalized spacial score (nSPS) is 10.5. The van der Waals surface area contributed by atoms with Crippen molar-refractivity contribution in [3.63, 3.8) is 0 Å². The third kappa shape index (κ3) is 4.15. The van der Waals surface area contributed by atoms with E-state index in [4.69, 9.17) is 0 Å². The number of aryl methyl sites for hydroxylation is 1. The third-order valence-electron chi connectivity index (χ3n) is 2.90. The third-order valence-corrected chi connectivity index (χ3v) is 2.90. The molecule has 4 nitrogen and oxygen atoms in total. The molecule has 0 atom stereocenters. The standard InChI is InChI=1S/C14H15F2N3O/c15-12-5-4-10(6-13(12)16)7-17-14(20)3-1-2-11-8-18-19-9-11/h4-6,8-9H,1-3,7H2,(H,17,20)(H,18,19). The Morgan fingerprint density at radius 1 is 1.25 bits per heavy atom. The molecule has 1 amide bonds. The zero-order valence-electron chi connectivity index (χ0n) is 10.8. The number of aromatic amines is 1. The Bertz CT molecular complexity index is 570. The van der Waals surface area contributed by atoms with E-state index in [9.17, 15) is 13.6 Å². The van der Waals surface area contributed by atoms with Crippen molar-refractivity contribution < 1.29 is 13.6 Å². The van der Waals surface area contributed by atoms with Gasteiger partial charge in [0.05, 0.1) is 6.20 Å². The smallest absolute Gasteiger partial charge is 0.220 e. The molecule has 1 aromatic carbocycles. The highest BCUT2D eigenvalue weighted by Crippen LogP contribution is 2.08. The average Bonchev–Trinajstić information content (AvgIpc) is 2.93. The van der Waals surface area contributed by atoms with Crippen LogP contribution < -0.4 is 5.32 Å². The van der Waals surface area contributed by atoms with E-state index >= 15 is 0 Å². The molecule has 0 spiro atoms. The zero-order valence-corrected chi connectivity index (χ0v) is 10.8. The minimum atomic E-state index is -0.906. The molecule has 1 aromatic heterocycles. The van der Waals surface area contributed by atoms with Crippen LogP contribution in [-0.4, -0.2) is 16.1 Å². The first-order chi connectivity index (χ1) is 9.65. The van der Waals surface area contributed by atoms with Gasteiger partial charge in [0, 0.05) is 19.2 Å². The largest absolute Gasteiger partial charge is 0.352 e. The molecule has 0 radical (unpaired) electrons. The summed E-state index contributed by atoms with van der Waals surface area (Å²) in [6, 6.07) is 3.58. The van der Waals surface area contributed by atoms with Crippen molar-refractivity contribution in [2.75, 3.05) is 0 Å². The highest BCUT2D eigenvalue weighted by atomic mass is 19.2. The molecule has 0 aliphatic rings. The molecule has 0 saturated heterocycles. The summed E-state index contributed by atoms with van der Waals surface area (Å²) in [7, 11) is 0. The van der Waals surface area contributed by atoms with Gasteiger partial charge in [-0.2, -0.15) is 5.10 Å². The number of halogens is 2. The van der Waals surface area contributed by atoms with Crippen molar-refractivity contribution in [1.29, 1.82) is 0 Å². The fourth-order valence-corrected chi connectivity index (χ4v) is 1.81. The van der Waals surface area contributed by atoms with Crippen molar-refractivity contribution in [3.8, 4) is 0 Å². The van der Waals surface area contributed by atoms with Crippen LogP contribution in [0.1, 0.15) is 24.0 Å². The SMILES string of the molecule is O=C(CCCc1cn[nH]c1)NCc1ccc(F)c(F)c1. The minimum absolute atomic E-state index is 0.113. The molecule has 0 fully saturated rings. The first kappa shape index (κ1) is 14.2. The maximum atomic E-state index is 13.0. The Kier molecular flexibility index (Phi) is 4.81. The lowest BCUT2D eigenvalue weighted by Gasteiger charge is -2.05. The second-order valence-electron chi connectivity index (χ2n) is 4.49. The van der Waals surface area contributed by atoms with Crippen LogP contribution in [0, 0.1) is 11.6 Å². The summed E-state index contributed by atoms with van der Waals surface area (Å²) in [4.78, 5) is 11.6. The van der Waals surface area contributed by atoms with Crippen LogP contribution in [0.4, 0.5) is 8.78 Å². The van der Waals surface area contributed by atoms with Gasteiger partial charge in [-0.15, -0.1) is 0 Å². The van der Waals surface area contributed by atoms with E-state index in [1.165, 1.54) is 6.07 Å². The maximum Gasteiger partial charge on any atom is 0.220 e. The van der Waals surface area contributed by atoms with Crippen LogP contribution in [0.15, 0.2) is 30.6 Å². The second kappa shape index (κ2) is 6.79. The molecule has 0 saturated carbocycles. The number of nitrogens with zero attached hydrogens (tertiary/aromatic N) is 1. The highest BCUT2D eigenvalue weighted by molar-refractivity contribution is 5.75. The van der Waals surface area contributed by atoms with Gasteiger partial charge >= 0.3 is 0 Å². The van der Waals surface area contributed by atoms with E-state index in [2.05, 4.69) is 15.5 Å². The van der Waals surface area contributed by atoms with Gasteiger partial charge in [-0.1, -0.05) is 6.07 Å². The number of carbonyl (C=O) groups is 1. The number of benzene rings is 1.